The highest BCUT2D eigenvalue weighted by molar-refractivity contribution is 6.63. The standard InChI is InChI=1S/C16H16Cl2O2/c1-20-16(18)10-12-5-6-13-4-2-3-11(9-15(17)19)7-14(13)8-12/h2-3,5-8,16H,4,9-10H2,1H3. The lowest BCUT2D eigenvalue weighted by Gasteiger charge is -2.10. The molecule has 1 aromatic rings. The minimum atomic E-state index is -0.347. The van der Waals surface area contributed by atoms with Crippen LogP contribution in [0.5, 0.6) is 0 Å². The monoisotopic (exact) mass is 310 g/mol. The molecule has 0 aromatic heterocycles. The van der Waals surface area contributed by atoms with Gasteiger partial charge in [0.15, 0.2) is 0 Å². The van der Waals surface area contributed by atoms with Crippen molar-refractivity contribution in [2.24, 2.45) is 0 Å². The van der Waals surface area contributed by atoms with Crippen molar-refractivity contribution in [1.29, 1.82) is 0 Å². The first-order valence-electron chi connectivity index (χ1n) is 6.42. The van der Waals surface area contributed by atoms with Gasteiger partial charge in [-0.2, -0.15) is 0 Å². The zero-order valence-corrected chi connectivity index (χ0v) is 12.7. The minimum Gasteiger partial charge on any atom is -0.365 e. The van der Waals surface area contributed by atoms with Crippen LogP contribution in [-0.4, -0.2) is 17.9 Å². The van der Waals surface area contributed by atoms with Crippen LogP contribution in [-0.2, 0) is 22.4 Å². The lowest BCUT2D eigenvalue weighted by molar-refractivity contribution is -0.111. The number of alkyl halides is 1. The van der Waals surface area contributed by atoms with Gasteiger partial charge < -0.3 is 4.74 Å². The molecule has 0 N–H and O–H groups in total. The fourth-order valence-electron chi connectivity index (χ4n) is 2.22. The molecule has 1 unspecified atom stereocenters. The predicted molar refractivity (Wildman–Crippen MR) is 83.1 cm³/mol. The Balaban J connectivity index is 2.27. The molecule has 1 aliphatic rings. The molecule has 0 heterocycles. The van der Waals surface area contributed by atoms with E-state index in [0.29, 0.717) is 6.42 Å². The maximum absolute atomic E-state index is 11.0. The van der Waals surface area contributed by atoms with Crippen LogP contribution in [0.25, 0.3) is 6.08 Å². The summed E-state index contributed by atoms with van der Waals surface area (Å²) >= 11 is 11.5. The molecule has 1 aliphatic carbocycles. The first-order chi connectivity index (χ1) is 9.58. The molecule has 2 rings (SSSR count). The molecule has 0 saturated heterocycles. The van der Waals surface area contributed by atoms with Crippen molar-refractivity contribution in [2.45, 2.75) is 24.8 Å². The van der Waals surface area contributed by atoms with Gasteiger partial charge in [-0.3, -0.25) is 4.79 Å². The van der Waals surface area contributed by atoms with Crippen LogP contribution in [0.3, 0.4) is 0 Å². The zero-order valence-electron chi connectivity index (χ0n) is 11.2. The molecule has 0 spiro atoms. The Hall–Kier alpha value is -1.09. The van der Waals surface area contributed by atoms with Gasteiger partial charge in [-0.15, -0.1) is 0 Å². The molecule has 4 heteroatoms. The van der Waals surface area contributed by atoms with Gasteiger partial charge in [-0.1, -0.05) is 48.0 Å². The molecule has 0 radical (unpaired) electrons. The van der Waals surface area contributed by atoms with E-state index in [1.807, 2.05) is 12.2 Å². The van der Waals surface area contributed by atoms with Gasteiger partial charge in [0, 0.05) is 20.0 Å². The van der Waals surface area contributed by atoms with Crippen molar-refractivity contribution in [3.05, 3.63) is 52.6 Å². The number of halogens is 2. The summed E-state index contributed by atoms with van der Waals surface area (Å²) in [5.74, 6) is 0. The molecular formula is C16H16Cl2O2. The average Bonchev–Trinajstić information content (AvgIpc) is 2.59. The van der Waals surface area contributed by atoms with E-state index < -0.39 is 0 Å². The fourth-order valence-corrected chi connectivity index (χ4v) is 2.55. The third-order valence-electron chi connectivity index (χ3n) is 3.22. The molecule has 106 valence electrons. The Labute approximate surface area is 129 Å². The Morgan fingerprint density at radius 1 is 1.45 bits per heavy atom. The van der Waals surface area contributed by atoms with Crippen LogP contribution in [0, 0.1) is 0 Å². The van der Waals surface area contributed by atoms with Gasteiger partial charge in [0.05, 0.1) is 0 Å². The molecule has 0 saturated carbocycles. The van der Waals surface area contributed by atoms with Gasteiger partial charge >= 0.3 is 0 Å². The summed E-state index contributed by atoms with van der Waals surface area (Å²) in [5, 5.41) is -0.347. The number of carbonyl (C=O) groups excluding carboxylic acids is 1. The quantitative estimate of drug-likeness (QED) is 0.605. The number of benzene rings is 1. The van der Waals surface area contributed by atoms with Crippen molar-refractivity contribution in [3.63, 3.8) is 0 Å². The smallest absolute Gasteiger partial charge is 0.226 e. The number of hydrogen-bond acceptors (Lipinski definition) is 2. The molecule has 2 nitrogen and oxygen atoms in total. The highest BCUT2D eigenvalue weighted by atomic mass is 35.5. The molecule has 1 atom stereocenters. The highest BCUT2D eigenvalue weighted by Crippen LogP contribution is 2.23. The number of fused-ring (bicyclic) bond motifs is 1. The summed E-state index contributed by atoms with van der Waals surface area (Å²) in [6.45, 7) is 0. The minimum absolute atomic E-state index is 0.248. The summed E-state index contributed by atoms with van der Waals surface area (Å²) in [6, 6.07) is 6.25. The second-order valence-electron chi connectivity index (χ2n) is 4.74. The number of allylic oxidation sites excluding steroid dienone is 3. The van der Waals surface area contributed by atoms with E-state index in [1.54, 1.807) is 7.11 Å². The van der Waals surface area contributed by atoms with Crippen LogP contribution in [0.4, 0.5) is 0 Å². The molecule has 0 bridgehead atoms. The number of methoxy groups -OCH3 is 1. The topological polar surface area (TPSA) is 26.3 Å². The van der Waals surface area contributed by atoms with E-state index in [0.717, 1.165) is 23.1 Å². The number of rotatable bonds is 5. The fraction of sp³-hybridized carbons (Fsp3) is 0.312. The highest BCUT2D eigenvalue weighted by Gasteiger charge is 2.10. The molecule has 20 heavy (non-hydrogen) atoms. The van der Waals surface area contributed by atoms with E-state index in [1.165, 1.54) is 5.56 Å². The number of ether oxygens (including phenoxy) is 1. The maximum atomic E-state index is 11.0. The van der Waals surface area contributed by atoms with E-state index in [9.17, 15) is 4.79 Å². The molecule has 0 aliphatic heterocycles. The van der Waals surface area contributed by atoms with Crippen molar-refractivity contribution in [3.8, 4) is 0 Å². The Morgan fingerprint density at radius 3 is 2.95 bits per heavy atom. The van der Waals surface area contributed by atoms with Crippen molar-refractivity contribution >= 4 is 34.5 Å². The largest absolute Gasteiger partial charge is 0.365 e. The molecular weight excluding hydrogens is 295 g/mol. The molecule has 1 aromatic carbocycles. The van der Waals surface area contributed by atoms with E-state index in [4.69, 9.17) is 27.9 Å². The summed E-state index contributed by atoms with van der Waals surface area (Å²) in [4.78, 5) is 11.0. The van der Waals surface area contributed by atoms with Crippen molar-refractivity contribution in [2.75, 3.05) is 7.11 Å². The average molecular weight is 311 g/mol. The lowest BCUT2D eigenvalue weighted by atomic mass is 10.00. The third-order valence-corrected chi connectivity index (χ3v) is 3.68. The van der Waals surface area contributed by atoms with Gasteiger partial charge in [-0.25, -0.2) is 0 Å². The van der Waals surface area contributed by atoms with Crippen LogP contribution in [0.2, 0.25) is 0 Å². The predicted octanol–water partition coefficient (Wildman–Crippen LogP) is 4.09. The SMILES string of the molecule is COC(Cl)Cc1ccc2c(c1)C=C(CC(=O)Cl)C=CC2. The van der Waals surface area contributed by atoms with E-state index in [-0.39, 0.29) is 17.2 Å². The Bertz CT molecular complexity index is 562. The van der Waals surface area contributed by atoms with Gasteiger partial charge in [0.1, 0.15) is 5.56 Å². The van der Waals surface area contributed by atoms with Crippen molar-refractivity contribution < 1.29 is 9.53 Å². The molecule has 0 fully saturated rings. The Kier molecular flexibility index (Phi) is 5.41. The number of hydrogen-bond donors (Lipinski definition) is 0. The Morgan fingerprint density at radius 2 is 2.25 bits per heavy atom. The van der Waals surface area contributed by atoms with Gasteiger partial charge in [0.2, 0.25) is 5.24 Å². The third kappa shape index (κ3) is 4.20. The van der Waals surface area contributed by atoms with Crippen LogP contribution < -0.4 is 0 Å². The zero-order chi connectivity index (χ0) is 14.5. The summed E-state index contributed by atoms with van der Waals surface area (Å²) in [7, 11) is 1.59. The lowest BCUT2D eigenvalue weighted by Crippen LogP contribution is -2.05. The number of carbonyl (C=O) groups is 1. The molecule has 0 amide bonds. The van der Waals surface area contributed by atoms with Gasteiger partial charge in [-0.05, 0) is 40.3 Å². The van der Waals surface area contributed by atoms with Crippen LogP contribution >= 0.6 is 23.2 Å². The van der Waals surface area contributed by atoms with Crippen LogP contribution in [0.15, 0.2) is 35.9 Å². The van der Waals surface area contributed by atoms with Crippen molar-refractivity contribution in [1.82, 2.24) is 0 Å². The first-order valence-corrected chi connectivity index (χ1v) is 7.24. The van der Waals surface area contributed by atoms with E-state index in [2.05, 4.69) is 24.3 Å². The first kappa shape index (κ1) is 15.3. The summed E-state index contributed by atoms with van der Waals surface area (Å²) < 4.78 is 5.07. The van der Waals surface area contributed by atoms with Crippen LogP contribution in [0.1, 0.15) is 23.1 Å². The normalized spacial score (nSPS) is 15.2. The summed E-state index contributed by atoms with van der Waals surface area (Å²) in [5.41, 5.74) is 4.05. The second-order valence-corrected chi connectivity index (χ2v) is 5.65. The summed E-state index contributed by atoms with van der Waals surface area (Å²) in [6.07, 6.45) is 7.77. The maximum Gasteiger partial charge on any atom is 0.226 e. The van der Waals surface area contributed by atoms with E-state index >= 15 is 0 Å². The second kappa shape index (κ2) is 7.07. The van der Waals surface area contributed by atoms with Gasteiger partial charge in [0.25, 0.3) is 0 Å².